The summed E-state index contributed by atoms with van der Waals surface area (Å²) in [5.41, 5.74) is 0. The SMILES string of the molecule is C[C@@H]1CCNC[C@@H]1O. The van der Waals surface area contributed by atoms with Gasteiger partial charge in [-0.2, -0.15) is 0 Å². The highest BCUT2D eigenvalue weighted by molar-refractivity contribution is 4.72. The van der Waals surface area contributed by atoms with Gasteiger partial charge < -0.3 is 10.4 Å². The molecule has 0 aromatic rings. The highest BCUT2D eigenvalue weighted by Gasteiger charge is 2.16. The predicted molar refractivity (Wildman–Crippen MR) is 32.7 cm³/mol. The monoisotopic (exact) mass is 115 g/mol. The molecule has 48 valence electrons. The third kappa shape index (κ3) is 1.20. The first-order chi connectivity index (χ1) is 3.80. The van der Waals surface area contributed by atoms with Crippen LogP contribution in [-0.2, 0) is 0 Å². The lowest BCUT2D eigenvalue weighted by molar-refractivity contribution is 0.0915. The minimum absolute atomic E-state index is 0.108. The van der Waals surface area contributed by atoms with Crippen molar-refractivity contribution in [3.8, 4) is 0 Å². The summed E-state index contributed by atoms with van der Waals surface area (Å²) in [6.07, 6.45) is 1.00. The average molecular weight is 115 g/mol. The van der Waals surface area contributed by atoms with E-state index in [1.165, 1.54) is 0 Å². The Balaban J connectivity index is 2.28. The number of hydrogen-bond acceptors (Lipinski definition) is 2. The topological polar surface area (TPSA) is 32.3 Å². The fraction of sp³-hybridized carbons (Fsp3) is 1.00. The second-order valence-electron chi connectivity index (χ2n) is 2.54. The third-order valence-electron chi connectivity index (χ3n) is 1.79. The Labute approximate surface area is 49.9 Å². The Morgan fingerprint density at radius 3 is 2.75 bits per heavy atom. The zero-order valence-electron chi connectivity index (χ0n) is 5.22. The first kappa shape index (κ1) is 6.05. The van der Waals surface area contributed by atoms with Crippen molar-refractivity contribution in [3.05, 3.63) is 0 Å². The Bertz CT molecular complexity index is 64.9. The van der Waals surface area contributed by atoms with Crippen LogP contribution in [0.25, 0.3) is 0 Å². The molecule has 1 rings (SSSR count). The second kappa shape index (κ2) is 2.46. The van der Waals surface area contributed by atoms with Crippen LogP contribution < -0.4 is 5.32 Å². The molecule has 0 aliphatic carbocycles. The van der Waals surface area contributed by atoms with Crippen molar-refractivity contribution in [2.24, 2.45) is 5.92 Å². The molecule has 8 heavy (non-hydrogen) atoms. The fourth-order valence-electron chi connectivity index (χ4n) is 0.973. The molecule has 0 radical (unpaired) electrons. The van der Waals surface area contributed by atoms with Gasteiger partial charge in [0.2, 0.25) is 0 Å². The molecule has 0 saturated carbocycles. The van der Waals surface area contributed by atoms with Gasteiger partial charge in [-0.05, 0) is 18.9 Å². The average Bonchev–Trinajstić information content (AvgIpc) is 1.77. The minimum atomic E-state index is -0.108. The predicted octanol–water partition coefficient (Wildman–Crippen LogP) is -0.0233. The molecule has 1 aliphatic heterocycles. The molecular formula is C6H13NO. The summed E-state index contributed by atoms with van der Waals surface area (Å²) in [4.78, 5) is 0. The Hall–Kier alpha value is -0.0800. The van der Waals surface area contributed by atoms with Crippen LogP contribution in [0.2, 0.25) is 0 Å². The first-order valence-electron chi connectivity index (χ1n) is 3.19. The van der Waals surface area contributed by atoms with Crippen LogP contribution in [0.1, 0.15) is 13.3 Å². The quantitative estimate of drug-likeness (QED) is 0.465. The number of piperidine rings is 1. The first-order valence-corrected chi connectivity index (χ1v) is 3.19. The van der Waals surface area contributed by atoms with Gasteiger partial charge in [-0.3, -0.25) is 0 Å². The molecule has 0 aromatic carbocycles. The smallest absolute Gasteiger partial charge is 0.0690 e. The van der Waals surface area contributed by atoms with Gasteiger partial charge in [0.15, 0.2) is 0 Å². The lowest BCUT2D eigenvalue weighted by Crippen LogP contribution is -2.39. The van der Waals surface area contributed by atoms with Gasteiger partial charge >= 0.3 is 0 Å². The zero-order chi connectivity index (χ0) is 5.98. The molecule has 2 N–H and O–H groups in total. The van der Waals surface area contributed by atoms with Gasteiger partial charge in [0, 0.05) is 6.54 Å². The van der Waals surface area contributed by atoms with Gasteiger partial charge in [-0.25, -0.2) is 0 Å². The molecule has 2 nitrogen and oxygen atoms in total. The molecule has 0 unspecified atom stereocenters. The maximum Gasteiger partial charge on any atom is 0.0690 e. The lowest BCUT2D eigenvalue weighted by atomic mass is 9.98. The molecule has 2 atom stereocenters. The van der Waals surface area contributed by atoms with Gasteiger partial charge in [0.1, 0.15) is 0 Å². The van der Waals surface area contributed by atoms with Crippen LogP contribution in [0, 0.1) is 5.92 Å². The van der Waals surface area contributed by atoms with E-state index in [1.54, 1.807) is 0 Å². The van der Waals surface area contributed by atoms with Crippen molar-refractivity contribution >= 4 is 0 Å². The van der Waals surface area contributed by atoms with Crippen molar-refractivity contribution in [2.75, 3.05) is 13.1 Å². The van der Waals surface area contributed by atoms with E-state index in [0.29, 0.717) is 5.92 Å². The fourth-order valence-corrected chi connectivity index (χ4v) is 0.973. The van der Waals surface area contributed by atoms with E-state index >= 15 is 0 Å². The van der Waals surface area contributed by atoms with Gasteiger partial charge in [0.05, 0.1) is 6.10 Å². The summed E-state index contributed by atoms with van der Waals surface area (Å²) in [6, 6.07) is 0. The van der Waals surface area contributed by atoms with Crippen molar-refractivity contribution in [3.63, 3.8) is 0 Å². The normalized spacial score (nSPS) is 39.8. The Morgan fingerprint density at radius 2 is 2.38 bits per heavy atom. The number of nitrogens with one attached hydrogen (secondary N) is 1. The number of hydrogen-bond donors (Lipinski definition) is 2. The van der Waals surface area contributed by atoms with Gasteiger partial charge in [-0.1, -0.05) is 6.92 Å². The molecule has 1 fully saturated rings. The number of aliphatic hydroxyl groups excluding tert-OH is 1. The van der Waals surface area contributed by atoms with Crippen LogP contribution in [0.15, 0.2) is 0 Å². The standard InChI is InChI=1S/C6H13NO/c1-5-2-3-7-4-6(5)8/h5-8H,2-4H2,1H3/t5-,6+/m1/s1. The number of rotatable bonds is 0. The molecule has 2 heteroatoms. The highest BCUT2D eigenvalue weighted by Crippen LogP contribution is 2.09. The largest absolute Gasteiger partial charge is 0.392 e. The number of aliphatic hydroxyl groups is 1. The van der Waals surface area contributed by atoms with Crippen LogP contribution in [0.3, 0.4) is 0 Å². The molecule has 1 heterocycles. The molecule has 0 aromatic heterocycles. The van der Waals surface area contributed by atoms with Crippen LogP contribution in [0.5, 0.6) is 0 Å². The van der Waals surface area contributed by atoms with E-state index in [-0.39, 0.29) is 6.10 Å². The number of β-amino-alcohol motifs (C(OH)–C–C–N with tert-alkyl or cyclic N) is 1. The maximum atomic E-state index is 9.12. The molecule has 1 aliphatic rings. The second-order valence-corrected chi connectivity index (χ2v) is 2.54. The van der Waals surface area contributed by atoms with Crippen LogP contribution in [0.4, 0.5) is 0 Å². The molecule has 0 bridgehead atoms. The van der Waals surface area contributed by atoms with E-state index in [0.717, 1.165) is 19.5 Å². The molecular weight excluding hydrogens is 102 g/mol. The van der Waals surface area contributed by atoms with Crippen molar-refractivity contribution in [1.29, 1.82) is 0 Å². The molecule has 0 spiro atoms. The summed E-state index contributed by atoms with van der Waals surface area (Å²) >= 11 is 0. The van der Waals surface area contributed by atoms with Crippen molar-refractivity contribution in [1.82, 2.24) is 5.32 Å². The van der Waals surface area contributed by atoms with Crippen molar-refractivity contribution in [2.45, 2.75) is 19.4 Å². The zero-order valence-corrected chi connectivity index (χ0v) is 5.22. The third-order valence-corrected chi connectivity index (χ3v) is 1.79. The van der Waals surface area contributed by atoms with E-state index < -0.39 is 0 Å². The summed E-state index contributed by atoms with van der Waals surface area (Å²) in [6.45, 7) is 3.94. The van der Waals surface area contributed by atoms with Gasteiger partial charge in [0.25, 0.3) is 0 Å². The van der Waals surface area contributed by atoms with E-state index in [9.17, 15) is 0 Å². The lowest BCUT2D eigenvalue weighted by Gasteiger charge is -2.24. The summed E-state index contributed by atoms with van der Waals surface area (Å²) in [7, 11) is 0. The molecule has 0 amide bonds. The summed E-state index contributed by atoms with van der Waals surface area (Å²) in [5, 5.41) is 12.2. The minimum Gasteiger partial charge on any atom is -0.392 e. The molecule has 1 saturated heterocycles. The van der Waals surface area contributed by atoms with E-state index in [2.05, 4.69) is 12.2 Å². The van der Waals surface area contributed by atoms with Crippen LogP contribution >= 0.6 is 0 Å². The summed E-state index contributed by atoms with van der Waals surface area (Å²) < 4.78 is 0. The van der Waals surface area contributed by atoms with Crippen LogP contribution in [-0.4, -0.2) is 24.3 Å². The van der Waals surface area contributed by atoms with E-state index in [4.69, 9.17) is 5.11 Å². The van der Waals surface area contributed by atoms with Gasteiger partial charge in [-0.15, -0.1) is 0 Å². The highest BCUT2D eigenvalue weighted by atomic mass is 16.3. The Morgan fingerprint density at radius 1 is 1.62 bits per heavy atom. The van der Waals surface area contributed by atoms with E-state index in [1.807, 2.05) is 0 Å². The Kier molecular flexibility index (Phi) is 1.86. The maximum absolute atomic E-state index is 9.12. The van der Waals surface area contributed by atoms with Crippen molar-refractivity contribution < 1.29 is 5.11 Å². The summed E-state index contributed by atoms with van der Waals surface area (Å²) in [5.74, 6) is 0.497.